The van der Waals surface area contributed by atoms with Crippen LogP contribution in [0.5, 0.6) is 5.75 Å². The van der Waals surface area contributed by atoms with Gasteiger partial charge in [0.05, 0.1) is 12.0 Å². The first kappa shape index (κ1) is 19.9. The summed E-state index contributed by atoms with van der Waals surface area (Å²) in [5, 5.41) is 15.1. The minimum atomic E-state index is -3.69. The second-order valence-electron chi connectivity index (χ2n) is 6.79. The van der Waals surface area contributed by atoms with E-state index < -0.39 is 14.8 Å². The number of rotatable bonds is 6. The highest BCUT2D eigenvalue weighted by Crippen LogP contribution is 2.36. The van der Waals surface area contributed by atoms with E-state index in [1.54, 1.807) is 19.2 Å². The minimum absolute atomic E-state index is 0.223. The van der Waals surface area contributed by atoms with Crippen LogP contribution in [0.3, 0.4) is 0 Å². The Morgan fingerprint density at radius 1 is 1.18 bits per heavy atom. The molecule has 1 aliphatic rings. The van der Waals surface area contributed by atoms with E-state index in [9.17, 15) is 18.5 Å². The third kappa shape index (κ3) is 4.36. The van der Waals surface area contributed by atoms with Gasteiger partial charge in [0.15, 0.2) is 9.84 Å². The number of nitro benzene ring substituents is 1. The molecule has 9 heteroatoms. The standard InChI is InChI=1S/C19H23N3O5S/c1-27-16-6-3-5-15(13-16)20-14-9-11-21(12-10-14)17-7-4-8-18(28(2,25)26)19(17)22(23)24/h3-8,13-14,20H,9-12H2,1-2H3. The summed E-state index contributed by atoms with van der Waals surface area (Å²) in [4.78, 5) is 12.6. The van der Waals surface area contributed by atoms with Crippen LogP contribution in [0, 0.1) is 10.1 Å². The van der Waals surface area contributed by atoms with Crippen LogP contribution >= 0.6 is 0 Å². The van der Waals surface area contributed by atoms with Crippen molar-refractivity contribution in [2.75, 3.05) is 36.7 Å². The minimum Gasteiger partial charge on any atom is -0.497 e. The summed E-state index contributed by atoms with van der Waals surface area (Å²) >= 11 is 0. The van der Waals surface area contributed by atoms with Crippen molar-refractivity contribution in [3.63, 3.8) is 0 Å². The first-order valence-electron chi connectivity index (χ1n) is 8.92. The molecular formula is C19H23N3O5S. The van der Waals surface area contributed by atoms with Crippen LogP contribution in [-0.4, -0.2) is 45.8 Å². The van der Waals surface area contributed by atoms with Gasteiger partial charge in [-0.1, -0.05) is 12.1 Å². The number of hydrogen-bond donors (Lipinski definition) is 1. The maximum Gasteiger partial charge on any atom is 0.311 e. The van der Waals surface area contributed by atoms with Crippen LogP contribution in [-0.2, 0) is 9.84 Å². The molecule has 8 nitrogen and oxygen atoms in total. The average Bonchev–Trinajstić information content (AvgIpc) is 2.67. The molecule has 2 aromatic carbocycles. The van der Waals surface area contributed by atoms with Crippen molar-refractivity contribution in [2.24, 2.45) is 0 Å². The van der Waals surface area contributed by atoms with Crippen LogP contribution in [0.25, 0.3) is 0 Å². The van der Waals surface area contributed by atoms with Gasteiger partial charge < -0.3 is 15.0 Å². The maximum absolute atomic E-state index is 12.0. The molecule has 0 amide bonds. The monoisotopic (exact) mass is 405 g/mol. The Hall–Kier alpha value is -2.81. The second-order valence-corrected chi connectivity index (χ2v) is 8.77. The SMILES string of the molecule is COc1cccc(NC2CCN(c3cccc(S(C)(=O)=O)c3[N+](=O)[O-])CC2)c1. The molecule has 2 aromatic rings. The summed E-state index contributed by atoms with van der Waals surface area (Å²) in [6, 6.07) is 12.4. The zero-order chi connectivity index (χ0) is 20.3. The molecule has 0 spiro atoms. The molecule has 0 radical (unpaired) electrons. The van der Waals surface area contributed by atoms with Gasteiger partial charge in [-0.05, 0) is 37.1 Å². The van der Waals surface area contributed by atoms with E-state index in [1.807, 2.05) is 29.2 Å². The van der Waals surface area contributed by atoms with Crippen LogP contribution in [0.2, 0.25) is 0 Å². The van der Waals surface area contributed by atoms with E-state index >= 15 is 0 Å². The molecule has 1 fully saturated rings. The number of anilines is 2. The molecular weight excluding hydrogens is 382 g/mol. The summed E-state index contributed by atoms with van der Waals surface area (Å²) in [6.45, 7) is 1.19. The van der Waals surface area contributed by atoms with Gasteiger partial charge in [-0.25, -0.2) is 8.42 Å². The predicted octanol–water partition coefficient (Wildman–Crippen LogP) is 3.09. The highest BCUT2D eigenvalue weighted by Gasteiger charge is 2.30. The largest absolute Gasteiger partial charge is 0.497 e. The van der Waals surface area contributed by atoms with Gasteiger partial charge in [0.25, 0.3) is 0 Å². The van der Waals surface area contributed by atoms with Crippen molar-refractivity contribution < 1.29 is 18.1 Å². The third-order valence-corrected chi connectivity index (χ3v) is 5.96. The number of hydrogen-bond acceptors (Lipinski definition) is 7. The van der Waals surface area contributed by atoms with Gasteiger partial charge in [0.1, 0.15) is 16.3 Å². The van der Waals surface area contributed by atoms with Gasteiger partial charge in [0, 0.05) is 37.1 Å². The Kier molecular flexibility index (Phi) is 5.73. The molecule has 1 aliphatic heterocycles. The predicted molar refractivity (Wildman–Crippen MR) is 108 cm³/mol. The van der Waals surface area contributed by atoms with Gasteiger partial charge >= 0.3 is 5.69 Å². The smallest absolute Gasteiger partial charge is 0.311 e. The van der Waals surface area contributed by atoms with Crippen LogP contribution in [0.15, 0.2) is 47.4 Å². The van der Waals surface area contributed by atoms with E-state index in [1.165, 1.54) is 6.07 Å². The first-order chi connectivity index (χ1) is 13.3. The molecule has 150 valence electrons. The third-order valence-electron chi connectivity index (χ3n) is 4.84. The average molecular weight is 405 g/mol. The van der Waals surface area contributed by atoms with E-state index in [2.05, 4.69) is 5.32 Å². The van der Waals surface area contributed by atoms with Gasteiger partial charge in [-0.2, -0.15) is 0 Å². The fraction of sp³-hybridized carbons (Fsp3) is 0.368. The molecule has 1 saturated heterocycles. The summed E-state index contributed by atoms with van der Waals surface area (Å²) in [5.74, 6) is 0.774. The number of piperidine rings is 1. The highest BCUT2D eigenvalue weighted by molar-refractivity contribution is 7.90. The molecule has 1 heterocycles. The molecule has 28 heavy (non-hydrogen) atoms. The van der Waals surface area contributed by atoms with E-state index in [4.69, 9.17) is 4.74 Å². The molecule has 0 aliphatic carbocycles. The number of nitrogens with zero attached hydrogens (tertiary/aromatic N) is 2. The number of para-hydroxylation sites is 1. The maximum atomic E-state index is 12.0. The van der Waals surface area contributed by atoms with E-state index in [0.717, 1.165) is 30.5 Å². The van der Waals surface area contributed by atoms with Crippen molar-refractivity contribution >= 4 is 26.9 Å². The number of nitro groups is 1. The van der Waals surface area contributed by atoms with Crippen molar-refractivity contribution in [1.29, 1.82) is 0 Å². The summed E-state index contributed by atoms with van der Waals surface area (Å²) in [7, 11) is -2.07. The molecule has 3 rings (SSSR count). The van der Waals surface area contributed by atoms with Crippen molar-refractivity contribution in [3.05, 3.63) is 52.6 Å². The molecule has 0 bridgehead atoms. The topological polar surface area (TPSA) is 102 Å². The van der Waals surface area contributed by atoms with Crippen LogP contribution in [0.1, 0.15) is 12.8 Å². The lowest BCUT2D eigenvalue weighted by Crippen LogP contribution is -2.39. The Bertz CT molecular complexity index is 969. The Morgan fingerprint density at radius 3 is 2.46 bits per heavy atom. The summed E-state index contributed by atoms with van der Waals surface area (Å²) in [5.41, 5.74) is 0.972. The lowest BCUT2D eigenvalue weighted by Gasteiger charge is -2.34. The number of sulfone groups is 1. The molecule has 0 atom stereocenters. The van der Waals surface area contributed by atoms with Crippen molar-refractivity contribution in [3.8, 4) is 5.75 Å². The normalized spacial score (nSPS) is 15.3. The Balaban J connectivity index is 1.75. The summed E-state index contributed by atoms with van der Waals surface area (Å²) in [6.07, 6.45) is 2.54. The Labute approximate surface area is 164 Å². The molecule has 0 unspecified atom stereocenters. The fourth-order valence-electron chi connectivity index (χ4n) is 3.46. The van der Waals surface area contributed by atoms with E-state index in [0.29, 0.717) is 18.8 Å². The fourth-order valence-corrected chi connectivity index (χ4v) is 4.32. The summed E-state index contributed by atoms with van der Waals surface area (Å²) < 4.78 is 29.1. The van der Waals surface area contributed by atoms with Crippen molar-refractivity contribution in [1.82, 2.24) is 0 Å². The number of ether oxygens (including phenoxy) is 1. The lowest BCUT2D eigenvalue weighted by molar-refractivity contribution is -0.387. The molecule has 0 aromatic heterocycles. The molecule has 1 N–H and O–H groups in total. The first-order valence-corrected chi connectivity index (χ1v) is 10.8. The number of nitrogens with one attached hydrogen (secondary N) is 1. The Morgan fingerprint density at radius 2 is 1.86 bits per heavy atom. The van der Waals surface area contributed by atoms with Gasteiger partial charge in [-0.15, -0.1) is 0 Å². The molecule has 0 saturated carbocycles. The second kappa shape index (κ2) is 8.05. The van der Waals surface area contributed by atoms with Crippen molar-refractivity contribution in [2.45, 2.75) is 23.8 Å². The number of methoxy groups -OCH3 is 1. The lowest BCUT2D eigenvalue weighted by atomic mass is 10.0. The van der Waals surface area contributed by atoms with E-state index in [-0.39, 0.29) is 16.6 Å². The van der Waals surface area contributed by atoms with Crippen LogP contribution < -0.4 is 15.0 Å². The zero-order valence-electron chi connectivity index (χ0n) is 15.8. The highest BCUT2D eigenvalue weighted by atomic mass is 32.2. The van der Waals surface area contributed by atoms with Gasteiger partial charge in [0.2, 0.25) is 0 Å². The zero-order valence-corrected chi connectivity index (χ0v) is 16.6. The quantitative estimate of drug-likeness (QED) is 0.582. The van der Waals surface area contributed by atoms with Crippen LogP contribution in [0.4, 0.5) is 17.1 Å². The number of benzene rings is 2. The van der Waals surface area contributed by atoms with Gasteiger partial charge in [-0.3, -0.25) is 10.1 Å².